The van der Waals surface area contributed by atoms with E-state index in [0.717, 1.165) is 52.4 Å². The Balaban J connectivity index is -0.0000000873. The Morgan fingerprint density at radius 3 is 0.483 bits per heavy atom. The Kier molecular flexibility index (Phi) is 66.5. The molecule has 0 aliphatic rings. The van der Waals surface area contributed by atoms with Gasteiger partial charge in [-0.15, -0.1) is 154 Å². The molecule has 0 saturated heterocycles. The molecule has 0 aliphatic carbocycles. The summed E-state index contributed by atoms with van der Waals surface area (Å²) >= 11 is 0. The van der Waals surface area contributed by atoms with Crippen molar-refractivity contribution in [3.63, 3.8) is 0 Å². The molecule has 5 heteroatoms. The predicted octanol–water partition coefficient (Wildman–Crippen LogP) is 6.93. The van der Waals surface area contributed by atoms with Crippen molar-refractivity contribution < 1.29 is 25.8 Å². The molecule has 0 bridgehead atoms. The summed E-state index contributed by atoms with van der Waals surface area (Å²) < 4.78 is 0. The summed E-state index contributed by atoms with van der Waals surface area (Å²) in [7, 11) is 0. The molecule has 0 amide bonds. The average Bonchev–Trinajstić information content (AvgIpc) is 2.71. The van der Waals surface area contributed by atoms with Crippen LogP contribution in [0.2, 0.25) is 0 Å². The zero-order valence-electron chi connectivity index (χ0n) is 18.2. The Bertz CT molecular complexity index is 275. The van der Waals surface area contributed by atoms with Crippen LogP contribution in [0, 0.1) is 0 Å². The van der Waals surface area contributed by atoms with Gasteiger partial charge in [0.05, 0.1) is 0 Å². The van der Waals surface area contributed by atoms with E-state index in [1.165, 1.54) is 0 Å². The van der Waals surface area contributed by atoms with E-state index in [4.69, 9.17) is 0 Å². The first-order valence-electron chi connectivity index (χ1n) is 9.06. The topological polar surface area (TPSA) is 56.4 Å². The maximum atomic E-state index is 3.97. The SMILES string of the molecule is C=CC[N-]CC=C.C=CC[N-]CC=C.C=CC[N-]CC=C.C=CC[N-]CC=C.[Hf+4]. The largest absolute Gasteiger partial charge is 4.00 e. The van der Waals surface area contributed by atoms with Crippen LogP contribution >= 0.6 is 0 Å². The standard InChI is InChI=1S/4C6H10N.Hf/c4*1-3-5-7-6-4-2;/h4*3-4H,1-2,5-6H2;/q4*-1;+4. The first-order valence-corrected chi connectivity index (χ1v) is 9.06. The van der Waals surface area contributed by atoms with E-state index >= 15 is 0 Å². The zero-order chi connectivity index (χ0) is 22.1. The minimum absolute atomic E-state index is 0. The van der Waals surface area contributed by atoms with Crippen molar-refractivity contribution in [2.24, 2.45) is 0 Å². The Morgan fingerprint density at radius 1 is 0.310 bits per heavy atom. The molecule has 0 aromatic heterocycles. The van der Waals surface area contributed by atoms with E-state index in [1.807, 2.05) is 0 Å². The van der Waals surface area contributed by atoms with Crippen LogP contribution in [0.1, 0.15) is 0 Å². The molecule has 0 aromatic carbocycles. The molecule has 0 rings (SSSR count). The quantitative estimate of drug-likeness (QED) is 0.111. The van der Waals surface area contributed by atoms with E-state index in [-0.39, 0.29) is 25.8 Å². The summed E-state index contributed by atoms with van der Waals surface area (Å²) in [6.07, 6.45) is 14.1. The number of nitrogens with zero attached hydrogens (tertiary/aromatic N) is 4. The maximum absolute atomic E-state index is 3.97. The predicted molar refractivity (Wildman–Crippen MR) is 134 cm³/mol. The third-order valence-electron chi connectivity index (χ3n) is 2.07. The van der Waals surface area contributed by atoms with Gasteiger partial charge in [-0.2, -0.15) is 0 Å². The summed E-state index contributed by atoms with van der Waals surface area (Å²) in [5.41, 5.74) is 0. The van der Waals surface area contributed by atoms with Crippen LogP contribution in [0.3, 0.4) is 0 Å². The second-order valence-corrected chi connectivity index (χ2v) is 4.66. The molecular formula is C24H40HfN4. The van der Waals surface area contributed by atoms with Gasteiger partial charge in [-0.05, 0) is 0 Å². The van der Waals surface area contributed by atoms with E-state index in [2.05, 4.69) is 73.9 Å². The summed E-state index contributed by atoms with van der Waals surface area (Å²) in [6, 6.07) is 0. The van der Waals surface area contributed by atoms with Gasteiger partial charge in [0.25, 0.3) is 0 Å². The molecule has 29 heavy (non-hydrogen) atoms. The minimum Gasteiger partial charge on any atom is -0.656 e. The third-order valence-corrected chi connectivity index (χ3v) is 2.07. The van der Waals surface area contributed by atoms with E-state index in [9.17, 15) is 0 Å². The van der Waals surface area contributed by atoms with Crippen LogP contribution in [0.25, 0.3) is 21.3 Å². The molecule has 0 aromatic rings. The number of rotatable bonds is 16. The monoisotopic (exact) mass is 564 g/mol. The Labute approximate surface area is 200 Å². The van der Waals surface area contributed by atoms with Crippen molar-refractivity contribution in [1.82, 2.24) is 0 Å². The van der Waals surface area contributed by atoms with Crippen molar-refractivity contribution in [3.05, 3.63) is 123 Å². The number of hydrogen-bond acceptors (Lipinski definition) is 0. The van der Waals surface area contributed by atoms with Crippen molar-refractivity contribution in [2.45, 2.75) is 0 Å². The summed E-state index contributed by atoms with van der Waals surface area (Å²) in [5, 5.41) is 15.9. The molecule has 0 saturated carbocycles. The van der Waals surface area contributed by atoms with Crippen molar-refractivity contribution in [3.8, 4) is 0 Å². The second kappa shape index (κ2) is 50.4. The van der Waals surface area contributed by atoms with Crippen molar-refractivity contribution in [1.29, 1.82) is 0 Å². The molecule has 0 aliphatic heterocycles. The summed E-state index contributed by atoms with van der Waals surface area (Å²) in [6.45, 7) is 34.0. The van der Waals surface area contributed by atoms with Crippen molar-refractivity contribution >= 4 is 0 Å². The molecular weight excluding hydrogens is 523 g/mol. The fourth-order valence-corrected chi connectivity index (χ4v) is 1.03. The molecule has 0 N–H and O–H groups in total. The van der Waals surface area contributed by atoms with Crippen molar-refractivity contribution in [2.75, 3.05) is 52.4 Å². The van der Waals surface area contributed by atoms with Crippen LogP contribution in [0.4, 0.5) is 0 Å². The molecule has 0 fully saturated rings. The molecule has 0 atom stereocenters. The van der Waals surface area contributed by atoms with Gasteiger partial charge in [-0.1, -0.05) is 0 Å². The van der Waals surface area contributed by atoms with Gasteiger partial charge in [-0.25, -0.2) is 0 Å². The maximum Gasteiger partial charge on any atom is 4.00 e. The second-order valence-electron chi connectivity index (χ2n) is 4.66. The minimum atomic E-state index is 0. The van der Waals surface area contributed by atoms with Crippen LogP contribution in [0.5, 0.6) is 0 Å². The van der Waals surface area contributed by atoms with Gasteiger partial charge in [-0.3, -0.25) is 0 Å². The zero-order valence-corrected chi connectivity index (χ0v) is 21.8. The van der Waals surface area contributed by atoms with Gasteiger partial charge < -0.3 is 21.3 Å². The van der Waals surface area contributed by atoms with Crippen LogP contribution in [-0.4, -0.2) is 52.4 Å². The van der Waals surface area contributed by atoms with Gasteiger partial charge in [0.15, 0.2) is 0 Å². The Hall–Kier alpha value is -1.37. The van der Waals surface area contributed by atoms with Gasteiger partial charge >= 0.3 is 25.8 Å². The molecule has 160 valence electrons. The first kappa shape index (κ1) is 38.3. The van der Waals surface area contributed by atoms with Crippen LogP contribution in [-0.2, 0) is 25.8 Å². The van der Waals surface area contributed by atoms with E-state index < -0.39 is 0 Å². The third kappa shape index (κ3) is 75.5. The summed E-state index contributed by atoms with van der Waals surface area (Å²) in [4.78, 5) is 0. The average molecular weight is 563 g/mol. The number of hydrogen-bond donors (Lipinski definition) is 0. The van der Waals surface area contributed by atoms with E-state index in [1.54, 1.807) is 48.6 Å². The smallest absolute Gasteiger partial charge is 0.656 e. The fourth-order valence-electron chi connectivity index (χ4n) is 1.03. The molecule has 0 spiro atoms. The van der Waals surface area contributed by atoms with E-state index in [0.29, 0.717) is 0 Å². The van der Waals surface area contributed by atoms with Crippen LogP contribution in [0.15, 0.2) is 101 Å². The molecule has 0 radical (unpaired) electrons. The first-order chi connectivity index (χ1) is 13.7. The Morgan fingerprint density at radius 2 is 0.414 bits per heavy atom. The fraction of sp³-hybridized carbons (Fsp3) is 0.333. The molecule has 0 unspecified atom stereocenters. The normalized spacial score (nSPS) is 7.72. The molecule has 0 heterocycles. The molecule has 4 nitrogen and oxygen atoms in total. The van der Waals surface area contributed by atoms with Gasteiger partial charge in [0, 0.05) is 0 Å². The van der Waals surface area contributed by atoms with Crippen LogP contribution < -0.4 is 0 Å². The van der Waals surface area contributed by atoms with Gasteiger partial charge in [0.2, 0.25) is 0 Å². The summed E-state index contributed by atoms with van der Waals surface area (Å²) in [5.74, 6) is 0. The van der Waals surface area contributed by atoms with Gasteiger partial charge in [0.1, 0.15) is 0 Å².